The van der Waals surface area contributed by atoms with Gasteiger partial charge in [0.2, 0.25) is 17.7 Å². The SMILES string of the molecule is O=C(CCC1CNC(=O)C2CC(NC(=O)C3CC3)CN12)Nc1ccccc1. The number of anilines is 1. The summed E-state index contributed by atoms with van der Waals surface area (Å²) < 4.78 is 0. The Morgan fingerprint density at radius 1 is 1.19 bits per heavy atom. The van der Waals surface area contributed by atoms with Gasteiger partial charge in [-0.1, -0.05) is 18.2 Å². The molecule has 144 valence electrons. The molecule has 7 nitrogen and oxygen atoms in total. The molecule has 1 saturated carbocycles. The average molecular weight is 370 g/mol. The lowest BCUT2D eigenvalue weighted by molar-refractivity contribution is -0.129. The van der Waals surface area contributed by atoms with Crippen LogP contribution >= 0.6 is 0 Å². The quantitative estimate of drug-likeness (QED) is 0.693. The van der Waals surface area contributed by atoms with Crippen molar-refractivity contribution in [1.82, 2.24) is 15.5 Å². The van der Waals surface area contributed by atoms with Crippen LogP contribution in [0.15, 0.2) is 30.3 Å². The standard InChI is InChI=1S/C20H26N4O3/c25-18(22-14-4-2-1-3-5-14)9-8-16-11-21-20(27)17-10-15(12-24(16)17)23-19(26)13-6-7-13/h1-5,13,15-17H,6-12H2,(H,21,27)(H,22,25)(H,23,26). The number of hydrogen-bond acceptors (Lipinski definition) is 4. The van der Waals surface area contributed by atoms with Crippen molar-refractivity contribution in [3.8, 4) is 0 Å². The van der Waals surface area contributed by atoms with Crippen LogP contribution in [0.5, 0.6) is 0 Å². The van der Waals surface area contributed by atoms with Gasteiger partial charge in [-0.05, 0) is 37.8 Å². The molecule has 0 aromatic heterocycles. The van der Waals surface area contributed by atoms with Crippen LogP contribution in [0.25, 0.3) is 0 Å². The number of piperazine rings is 1. The van der Waals surface area contributed by atoms with Crippen molar-refractivity contribution in [2.24, 2.45) is 5.92 Å². The summed E-state index contributed by atoms with van der Waals surface area (Å²) in [6, 6.07) is 9.35. The van der Waals surface area contributed by atoms with Crippen LogP contribution < -0.4 is 16.0 Å². The summed E-state index contributed by atoms with van der Waals surface area (Å²) in [4.78, 5) is 38.7. The van der Waals surface area contributed by atoms with Gasteiger partial charge in [0.1, 0.15) is 0 Å². The fourth-order valence-electron chi connectivity index (χ4n) is 4.06. The van der Waals surface area contributed by atoms with Gasteiger partial charge < -0.3 is 16.0 Å². The first-order valence-corrected chi connectivity index (χ1v) is 9.79. The third-order valence-corrected chi connectivity index (χ3v) is 5.68. The molecule has 3 unspecified atom stereocenters. The maximum Gasteiger partial charge on any atom is 0.237 e. The van der Waals surface area contributed by atoms with Crippen molar-refractivity contribution < 1.29 is 14.4 Å². The second kappa shape index (κ2) is 7.68. The average Bonchev–Trinajstić information content (AvgIpc) is 3.43. The Labute approximate surface area is 158 Å². The lowest BCUT2D eigenvalue weighted by Crippen LogP contribution is -2.58. The summed E-state index contributed by atoms with van der Waals surface area (Å²) >= 11 is 0. The van der Waals surface area contributed by atoms with E-state index >= 15 is 0 Å². The molecule has 2 aliphatic heterocycles. The van der Waals surface area contributed by atoms with Crippen LogP contribution in [0.3, 0.4) is 0 Å². The maximum atomic E-state index is 12.2. The second-order valence-electron chi connectivity index (χ2n) is 7.78. The molecule has 4 rings (SSSR count). The minimum atomic E-state index is -0.203. The van der Waals surface area contributed by atoms with Crippen LogP contribution in [-0.4, -0.2) is 53.8 Å². The molecule has 1 aliphatic carbocycles. The Hall–Kier alpha value is -2.41. The molecule has 3 amide bonds. The largest absolute Gasteiger partial charge is 0.353 e. The molecular weight excluding hydrogens is 344 g/mol. The molecule has 3 N–H and O–H groups in total. The predicted octanol–water partition coefficient (Wildman–Crippen LogP) is 0.873. The van der Waals surface area contributed by atoms with Gasteiger partial charge in [-0.2, -0.15) is 0 Å². The number of nitrogens with one attached hydrogen (secondary N) is 3. The van der Waals surface area contributed by atoms with Crippen molar-refractivity contribution >= 4 is 23.4 Å². The van der Waals surface area contributed by atoms with Crippen LogP contribution in [0.2, 0.25) is 0 Å². The van der Waals surface area contributed by atoms with Gasteiger partial charge in [-0.25, -0.2) is 0 Å². The zero-order valence-electron chi connectivity index (χ0n) is 15.3. The summed E-state index contributed by atoms with van der Waals surface area (Å²) in [5.41, 5.74) is 0.793. The first-order valence-electron chi connectivity index (χ1n) is 9.79. The number of fused-ring (bicyclic) bond motifs is 1. The molecule has 1 aromatic rings. The summed E-state index contributed by atoms with van der Waals surface area (Å²) in [5.74, 6) is 0.309. The maximum absolute atomic E-state index is 12.2. The van der Waals surface area contributed by atoms with Crippen LogP contribution in [0, 0.1) is 5.92 Å². The summed E-state index contributed by atoms with van der Waals surface area (Å²) in [7, 11) is 0. The summed E-state index contributed by atoms with van der Waals surface area (Å²) in [6.45, 7) is 1.23. The van der Waals surface area contributed by atoms with Gasteiger partial charge in [0.25, 0.3) is 0 Å². The highest BCUT2D eigenvalue weighted by atomic mass is 16.2. The van der Waals surface area contributed by atoms with Gasteiger partial charge in [0, 0.05) is 43.2 Å². The smallest absolute Gasteiger partial charge is 0.237 e. The first kappa shape index (κ1) is 18.0. The molecule has 3 atom stereocenters. The third-order valence-electron chi connectivity index (χ3n) is 5.68. The van der Waals surface area contributed by atoms with E-state index in [-0.39, 0.29) is 41.8 Å². The Morgan fingerprint density at radius 3 is 2.70 bits per heavy atom. The summed E-state index contributed by atoms with van der Waals surface area (Å²) in [5, 5.41) is 8.96. The predicted molar refractivity (Wildman–Crippen MR) is 101 cm³/mol. The number of rotatable bonds is 6. The molecule has 7 heteroatoms. The minimum absolute atomic E-state index is 0.0209. The first-order chi connectivity index (χ1) is 13.1. The van der Waals surface area contributed by atoms with E-state index in [0.717, 1.165) is 18.5 Å². The molecule has 0 radical (unpaired) electrons. The number of hydrogen-bond donors (Lipinski definition) is 3. The zero-order chi connectivity index (χ0) is 18.8. The number of para-hydroxylation sites is 1. The second-order valence-corrected chi connectivity index (χ2v) is 7.78. The molecule has 3 aliphatic rings. The topological polar surface area (TPSA) is 90.5 Å². The molecule has 3 fully saturated rings. The number of carbonyl (C=O) groups is 3. The van der Waals surface area contributed by atoms with E-state index in [1.165, 1.54) is 0 Å². The molecule has 0 bridgehead atoms. The normalized spacial score (nSPS) is 27.6. The molecule has 27 heavy (non-hydrogen) atoms. The van der Waals surface area contributed by atoms with Gasteiger partial charge in [0.05, 0.1) is 6.04 Å². The Bertz CT molecular complexity index is 719. The van der Waals surface area contributed by atoms with E-state index in [2.05, 4.69) is 20.9 Å². The minimum Gasteiger partial charge on any atom is -0.353 e. The molecule has 2 saturated heterocycles. The summed E-state index contributed by atoms with van der Waals surface area (Å²) in [6.07, 6.45) is 3.68. The molecule has 2 heterocycles. The van der Waals surface area contributed by atoms with Gasteiger partial charge >= 0.3 is 0 Å². The lowest BCUT2D eigenvalue weighted by atomic mass is 10.0. The van der Waals surface area contributed by atoms with Crippen LogP contribution in [-0.2, 0) is 14.4 Å². The highest BCUT2D eigenvalue weighted by molar-refractivity contribution is 5.90. The van der Waals surface area contributed by atoms with Crippen molar-refractivity contribution in [2.45, 2.75) is 50.2 Å². The van der Waals surface area contributed by atoms with E-state index in [9.17, 15) is 14.4 Å². The number of carbonyl (C=O) groups excluding carboxylic acids is 3. The van der Waals surface area contributed by atoms with Crippen LogP contribution in [0.1, 0.15) is 32.1 Å². The molecular formula is C20H26N4O3. The fourth-order valence-corrected chi connectivity index (χ4v) is 4.06. The van der Waals surface area contributed by atoms with Crippen molar-refractivity contribution in [2.75, 3.05) is 18.4 Å². The van der Waals surface area contributed by atoms with Gasteiger partial charge in [-0.15, -0.1) is 0 Å². The van der Waals surface area contributed by atoms with E-state index in [1.807, 2.05) is 30.3 Å². The van der Waals surface area contributed by atoms with Crippen molar-refractivity contribution in [3.05, 3.63) is 30.3 Å². The number of amides is 3. The Kier molecular flexibility index (Phi) is 5.11. The lowest BCUT2D eigenvalue weighted by Gasteiger charge is -2.37. The van der Waals surface area contributed by atoms with Crippen molar-refractivity contribution in [3.63, 3.8) is 0 Å². The van der Waals surface area contributed by atoms with Crippen molar-refractivity contribution in [1.29, 1.82) is 0 Å². The highest BCUT2D eigenvalue weighted by Crippen LogP contribution is 2.31. The highest BCUT2D eigenvalue weighted by Gasteiger charge is 2.44. The van der Waals surface area contributed by atoms with Gasteiger partial charge in [0.15, 0.2) is 0 Å². The van der Waals surface area contributed by atoms with E-state index in [4.69, 9.17) is 0 Å². The number of nitrogens with zero attached hydrogens (tertiary/aromatic N) is 1. The van der Waals surface area contributed by atoms with E-state index in [1.54, 1.807) is 0 Å². The number of benzene rings is 1. The van der Waals surface area contributed by atoms with Crippen LogP contribution in [0.4, 0.5) is 5.69 Å². The fraction of sp³-hybridized carbons (Fsp3) is 0.550. The van der Waals surface area contributed by atoms with Gasteiger partial charge in [-0.3, -0.25) is 19.3 Å². The molecule has 1 aromatic carbocycles. The Balaban J connectivity index is 1.30. The zero-order valence-corrected chi connectivity index (χ0v) is 15.3. The third kappa shape index (κ3) is 4.30. The molecule has 0 spiro atoms. The Morgan fingerprint density at radius 2 is 1.96 bits per heavy atom. The van der Waals surface area contributed by atoms with E-state index in [0.29, 0.717) is 32.4 Å². The monoisotopic (exact) mass is 370 g/mol. The van der Waals surface area contributed by atoms with E-state index < -0.39 is 0 Å².